The molecule has 1 aliphatic rings. The lowest BCUT2D eigenvalue weighted by Gasteiger charge is -2.34. The van der Waals surface area contributed by atoms with Gasteiger partial charge in [-0.25, -0.2) is 8.78 Å². The van der Waals surface area contributed by atoms with Gasteiger partial charge < -0.3 is 10.3 Å². The van der Waals surface area contributed by atoms with Crippen molar-refractivity contribution in [1.29, 1.82) is 0 Å². The molecule has 114 valence electrons. The molecule has 0 saturated heterocycles. The maximum atomic E-state index is 13.5. The van der Waals surface area contributed by atoms with Gasteiger partial charge in [-0.3, -0.25) is 0 Å². The Labute approximate surface area is 127 Å². The molecule has 0 unspecified atom stereocenters. The van der Waals surface area contributed by atoms with E-state index in [1.807, 2.05) is 0 Å². The first-order valence-electron chi connectivity index (χ1n) is 6.63. The van der Waals surface area contributed by atoms with Crippen molar-refractivity contribution in [3.05, 3.63) is 47.1 Å². The smallest absolute Gasteiger partial charge is 0.227 e. The van der Waals surface area contributed by atoms with Crippen LogP contribution in [0.4, 0.5) is 8.78 Å². The Morgan fingerprint density at radius 2 is 2.00 bits per heavy atom. The number of nitrogens with two attached hydrogens (primary N) is 1. The summed E-state index contributed by atoms with van der Waals surface area (Å²) < 4.78 is 31.7. The molecule has 2 N–H and O–H groups in total. The van der Waals surface area contributed by atoms with Gasteiger partial charge in [0, 0.05) is 6.42 Å². The van der Waals surface area contributed by atoms with Crippen molar-refractivity contribution < 1.29 is 13.3 Å². The highest BCUT2D eigenvalue weighted by atomic mass is 35.5. The van der Waals surface area contributed by atoms with Crippen LogP contribution >= 0.6 is 12.4 Å². The quantitative estimate of drug-likeness (QED) is 0.942. The van der Waals surface area contributed by atoms with E-state index < -0.39 is 17.2 Å². The maximum absolute atomic E-state index is 13.5. The van der Waals surface area contributed by atoms with E-state index in [2.05, 4.69) is 10.1 Å². The third kappa shape index (κ3) is 3.22. The molecule has 0 radical (unpaired) electrons. The van der Waals surface area contributed by atoms with Gasteiger partial charge in [0.1, 0.15) is 11.6 Å². The maximum Gasteiger partial charge on any atom is 0.227 e. The number of hydrogen-bond donors (Lipinski definition) is 1. The Morgan fingerprint density at radius 3 is 2.67 bits per heavy atom. The number of nitrogens with zero attached hydrogens (tertiary/aromatic N) is 2. The number of benzene rings is 1. The predicted molar refractivity (Wildman–Crippen MR) is 75.0 cm³/mol. The van der Waals surface area contributed by atoms with Gasteiger partial charge in [-0.2, -0.15) is 4.98 Å². The molecule has 0 aliphatic heterocycles. The number of aromatic nitrogens is 2. The van der Waals surface area contributed by atoms with E-state index in [1.54, 1.807) is 0 Å². The predicted octanol–water partition coefficient (Wildman–Crippen LogP) is 2.89. The minimum atomic E-state index is -0.466. The summed E-state index contributed by atoms with van der Waals surface area (Å²) >= 11 is 0. The molecular weight excluding hydrogens is 300 g/mol. The molecule has 0 amide bonds. The fraction of sp³-hybridized carbons (Fsp3) is 0.429. The van der Waals surface area contributed by atoms with E-state index in [9.17, 15) is 8.78 Å². The highest BCUT2D eigenvalue weighted by Gasteiger charge is 2.38. The van der Waals surface area contributed by atoms with Crippen molar-refractivity contribution >= 4 is 12.4 Å². The van der Waals surface area contributed by atoms with Gasteiger partial charge in [0.2, 0.25) is 5.89 Å². The molecule has 1 aromatic carbocycles. The molecule has 7 heteroatoms. The molecule has 2 aromatic rings. The van der Waals surface area contributed by atoms with Crippen LogP contribution in [-0.4, -0.2) is 10.1 Å². The minimum absolute atomic E-state index is 0. The molecule has 3 rings (SSSR count). The van der Waals surface area contributed by atoms with Crippen LogP contribution in [0.1, 0.15) is 36.5 Å². The molecule has 0 spiro atoms. The fourth-order valence-corrected chi connectivity index (χ4v) is 2.32. The summed E-state index contributed by atoms with van der Waals surface area (Å²) in [6.45, 7) is 0. The van der Waals surface area contributed by atoms with Crippen molar-refractivity contribution in [2.75, 3.05) is 0 Å². The lowest BCUT2D eigenvalue weighted by Crippen LogP contribution is -2.44. The van der Waals surface area contributed by atoms with Gasteiger partial charge in [0.25, 0.3) is 0 Å². The SMILES string of the molecule is Cl.NC1(c2noc(CCc3cc(F)ccc3F)n2)CCC1. The van der Waals surface area contributed by atoms with E-state index in [1.165, 1.54) is 6.07 Å². The van der Waals surface area contributed by atoms with Gasteiger partial charge in [-0.15, -0.1) is 12.4 Å². The van der Waals surface area contributed by atoms with E-state index in [0.717, 1.165) is 31.4 Å². The standard InChI is InChI=1S/C14H15F2N3O.ClH/c15-10-3-4-11(16)9(8-10)2-5-12-18-13(19-20-12)14(17)6-1-7-14;/h3-4,8H,1-2,5-7,17H2;1H. The molecule has 21 heavy (non-hydrogen) atoms. The van der Waals surface area contributed by atoms with Crippen molar-refractivity contribution in [3.8, 4) is 0 Å². The number of rotatable bonds is 4. The van der Waals surface area contributed by atoms with Crippen molar-refractivity contribution in [3.63, 3.8) is 0 Å². The Balaban J connectivity index is 0.00000161. The van der Waals surface area contributed by atoms with Crippen LogP contribution < -0.4 is 5.73 Å². The van der Waals surface area contributed by atoms with E-state index >= 15 is 0 Å². The normalized spacial score (nSPS) is 16.1. The molecule has 4 nitrogen and oxygen atoms in total. The monoisotopic (exact) mass is 315 g/mol. The molecular formula is C14H16ClF2N3O. The summed E-state index contributed by atoms with van der Waals surface area (Å²) in [5.74, 6) is 0.0299. The first kappa shape index (κ1) is 15.9. The van der Waals surface area contributed by atoms with Crippen molar-refractivity contribution in [2.45, 2.75) is 37.6 Å². The summed E-state index contributed by atoms with van der Waals surface area (Å²) in [7, 11) is 0. The fourth-order valence-electron chi connectivity index (χ4n) is 2.32. The zero-order valence-electron chi connectivity index (χ0n) is 11.3. The Bertz CT molecular complexity index is 628. The number of hydrogen-bond acceptors (Lipinski definition) is 4. The van der Waals surface area contributed by atoms with Crippen LogP contribution in [0.25, 0.3) is 0 Å². The first-order chi connectivity index (χ1) is 9.57. The van der Waals surface area contributed by atoms with Crippen molar-refractivity contribution in [1.82, 2.24) is 10.1 Å². The zero-order valence-corrected chi connectivity index (χ0v) is 12.1. The second-order valence-electron chi connectivity index (χ2n) is 5.26. The molecule has 1 aromatic heterocycles. The lowest BCUT2D eigenvalue weighted by atomic mass is 9.77. The van der Waals surface area contributed by atoms with Crippen LogP contribution in [0.15, 0.2) is 22.7 Å². The van der Waals surface area contributed by atoms with Crippen LogP contribution in [0.2, 0.25) is 0 Å². The third-order valence-corrected chi connectivity index (χ3v) is 3.78. The molecule has 0 bridgehead atoms. The topological polar surface area (TPSA) is 64.9 Å². The van der Waals surface area contributed by atoms with Crippen molar-refractivity contribution in [2.24, 2.45) is 5.73 Å². The second kappa shape index (κ2) is 6.07. The molecule has 1 aliphatic carbocycles. The largest absolute Gasteiger partial charge is 0.339 e. The van der Waals surface area contributed by atoms with Gasteiger partial charge in [-0.05, 0) is 49.4 Å². The molecule has 1 heterocycles. The summed E-state index contributed by atoms with van der Waals surface area (Å²) in [6.07, 6.45) is 3.44. The van der Waals surface area contributed by atoms with E-state index in [-0.39, 0.29) is 12.4 Å². The summed E-state index contributed by atoms with van der Waals surface area (Å²) in [6, 6.07) is 3.40. The Kier molecular flexibility index (Phi) is 4.58. The molecule has 1 fully saturated rings. The molecule has 0 atom stereocenters. The van der Waals surface area contributed by atoms with E-state index in [0.29, 0.717) is 30.1 Å². The average molecular weight is 316 g/mol. The summed E-state index contributed by atoms with van der Waals surface area (Å²) in [5.41, 5.74) is 5.93. The van der Waals surface area contributed by atoms with Crippen LogP contribution in [-0.2, 0) is 18.4 Å². The zero-order chi connectivity index (χ0) is 14.2. The minimum Gasteiger partial charge on any atom is -0.339 e. The summed E-state index contributed by atoms with van der Waals surface area (Å²) in [4.78, 5) is 4.25. The van der Waals surface area contributed by atoms with Gasteiger partial charge in [0.05, 0.1) is 5.54 Å². The first-order valence-corrected chi connectivity index (χ1v) is 6.63. The Hall–Kier alpha value is -1.53. The average Bonchev–Trinajstić information content (AvgIpc) is 2.86. The number of aryl methyl sites for hydroxylation is 2. The highest BCUT2D eigenvalue weighted by molar-refractivity contribution is 5.85. The lowest BCUT2D eigenvalue weighted by molar-refractivity contribution is 0.229. The van der Waals surface area contributed by atoms with Crippen LogP contribution in [0.5, 0.6) is 0 Å². The Morgan fingerprint density at radius 1 is 1.24 bits per heavy atom. The third-order valence-electron chi connectivity index (χ3n) is 3.78. The number of halogens is 3. The van der Waals surface area contributed by atoms with Crippen LogP contribution in [0, 0.1) is 11.6 Å². The van der Waals surface area contributed by atoms with Gasteiger partial charge >= 0.3 is 0 Å². The second-order valence-corrected chi connectivity index (χ2v) is 5.26. The van der Waals surface area contributed by atoms with Gasteiger partial charge in [0.15, 0.2) is 5.82 Å². The summed E-state index contributed by atoms with van der Waals surface area (Å²) in [5, 5.41) is 3.88. The highest BCUT2D eigenvalue weighted by Crippen LogP contribution is 2.36. The molecule has 1 saturated carbocycles. The van der Waals surface area contributed by atoms with Gasteiger partial charge in [-0.1, -0.05) is 5.16 Å². The van der Waals surface area contributed by atoms with Crippen LogP contribution in [0.3, 0.4) is 0 Å². The van der Waals surface area contributed by atoms with E-state index in [4.69, 9.17) is 10.3 Å².